The Bertz CT molecular complexity index is 569. The number of ether oxygens (including phenoxy) is 3. The summed E-state index contributed by atoms with van der Waals surface area (Å²) in [5.41, 5.74) is 0.804. The number of halogens is 2. The SMILES string of the molecule is FC1(F)Oc2cccc([C@H](C3CCOCC3)N3CCNCC3)c2O1. The predicted molar refractivity (Wildman–Crippen MR) is 83.4 cm³/mol. The molecule has 3 aliphatic heterocycles. The molecule has 2 saturated heterocycles. The van der Waals surface area contributed by atoms with Crippen molar-refractivity contribution < 1.29 is 23.0 Å². The van der Waals surface area contributed by atoms with Gasteiger partial charge in [-0.05, 0) is 24.8 Å². The Balaban J connectivity index is 1.70. The fourth-order valence-electron chi connectivity index (χ4n) is 3.96. The third-order valence-electron chi connectivity index (χ3n) is 5.04. The van der Waals surface area contributed by atoms with Crippen molar-refractivity contribution in [3.63, 3.8) is 0 Å². The molecule has 0 aliphatic carbocycles. The summed E-state index contributed by atoms with van der Waals surface area (Å²) >= 11 is 0. The first kappa shape index (κ1) is 16.1. The van der Waals surface area contributed by atoms with Crippen molar-refractivity contribution in [1.82, 2.24) is 10.2 Å². The lowest BCUT2D eigenvalue weighted by Crippen LogP contribution is -2.47. The van der Waals surface area contributed by atoms with Crippen molar-refractivity contribution >= 4 is 0 Å². The zero-order valence-corrected chi connectivity index (χ0v) is 13.5. The van der Waals surface area contributed by atoms with Crippen LogP contribution in [-0.2, 0) is 4.74 Å². The van der Waals surface area contributed by atoms with E-state index >= 15 is 0 Å². The Morgan fingerprint density at radius 3 is 2.62 bits per heavy atom. The minimum Gasteiger partial charge on any atom is -0.395 e. The first-order valence-corrected chi connectivity index (χ1v) is 8.55. The molecule has 0 radical (unpaired) electrons. The number of piperazine rings is 1. The van der Waals surface area contributed by atoms with Crippen LogP contribution in [0.25, 0.3) is 0 Å². The molecule has 132 valence electrons. The predicted octanol–water partition coefficient (Wildman–Crippen LogP) is 2.38. The van der Waals surface area contributed by atoms with E-state index in [0.29, 0.717) is 5.92 Å². The largest absolute Gasteiger partial charge is 0.586 e. The quantitative estimate of drug-likeness (QED) is 0.915. The Labute approximate surface area is 139 Å². The van der Waals surface area contributed by atoms with Crippen LogP contribution in [0.2, 0.25) is 0 Å². The molecule has 2 fully saturated rings. The van der Waals surface area contributed by atoms with Gasteiger partial charge in [0.05, 0.1) is 0 Å². The van der Waals surface area contributed by atoms with Gasteiger partial charge in [0, 0.05) is 51.0 Å². The lowest BCUT2D eigenvalue weighted by atomic mass is 9.85. The first-order chi connectivity index (χ1) is 11.6. The summed E-state index contributed by atoms with van der Waals surface area (Å²) in [6.07, 6.45) is -1.73. The molecular weight excluding hydrogens is 318 g/mol. The molecule has 0 unspecified atom stereocenters. The summed E-state index contributed by atoms with van der Waals surface area (Å²) in [6, 6.07) is 5.25. The summed E-state index contributed by atoms with van der Waals surface area (Å²) in [7, 11) is 0. The molecule has 1 aromatic rings. The highest BCUT2D eigenvalue weighted by Crippen LogP contribution is 2.48. The lowest BCUT2D eigenvalue weighted by Gasteiger charge is -2.41. The molecular formula is C17H22F2N2O3. The van der Waals surface area contributed by atoms with Crippen molar-refractivity contribution in [3.8, 4) is 11.5 Å². The molecule has 7 heteroatoms. The van der Waals surface area contributed by atoms with Crippen molar-refractivity contribution in [1.29, 1.82) is 0 Å². The molecule has 3 heterocycles. The van der Waals surface area contributed by atoms with Gasteiger partial charge in [0.25, 0.3) is 0 Å². The molecule has 24 heavy (non-hydrogen) atoms. The normalized spacial score (nSPS) is 25.6. The van der Waals surface area contributed by atoms with Crippen LogP contribution in [0.4, 0.5) is 8.78 Å². The molecule has 0 amide bonds. The second-order valence-corrected chi connectivity index (χ2v) is 6.52. The number of nitrogens with zero attached hydrogens (tertiary/aromatic N) is 1. The zero-order valence-electron chi connectivity index (χ0n) is 13.5. The standard InChI is InChI=1S/C17H22F2N2O3/c18-17(19)23-14-3-1-2-13(16(14)24-17)15(12-4-10-22-11-5-12)21-8-6-20-7-9-21/h1-3,12,15,20H,4-11H2/t15-/m0/s1. The minimum atomic E-state index is -3.58. The highest BCUT2D eigenvalue weighted by molar-refractivity contribution is 5.50. The van der Waals surface area contributed by atoms with Crippen molar-refractivity contribution in [2.75, 3.05) is 39.4 Å². The summed E-state index contributed by atoms with van der Waals surface area (Å²) in [5, 5.41) is 3.35. The monoisotopic (exact) mass is 340 g/mol. The average molecular weight is 340 g/mol. The summed E-state index contributed by atoms with van der Waals surface area (Å²) in [4.78, 5) is 2.38. The van der Waals surface area contributed by atoms with Gasteiger partial charge in [0.1, 0.15) is 0 Å². The van der Waals surface area contributed by atoms with Gasteiger partial charge < -0.3 is 19.5 Å². The maximum Gasteiger partial charge on any atom is 0.586 e. The highest BCUT2D eigenvalue weighted by atomic mass is 19.3. The zero-order chi connectivity index (χ0) is 16.6. The van der Waals surface area contributed by atoms with Crippen LogP contribution in [0, 0.1) is 5.92 Å². The fraction of sp³-hybridized carbons (Fsp3) is 0.647. The van der Waals surface area contributed by atoms with Crippen LogP contribution in [0.3, 0.4) is 0 Å². The molecule has 5 nitrogen and oxygen atoms in total. The third-order valence-corrected chi connectivity index (χ3v) is 5.04. The van der Waals surface area contributed by atoms with Gasteiger partial charge in [-0.1, -0.05) is 12.1 Å². The third kappa shape index (κ3) is 3.08. The van der Waals surface area contributed by atoms with Gasteiger partial charge >= 0.3 is 6.29 Å². The molecule has 1 atom stereocenters. The molecule has 4 rings (SSSR count). The molecule has 1 aromatic carbocycles. The molecule has 0 saturated carbocycles. The summed E-state index contributed by atoms with van der Waals surface area (Å²) in [6.45, 7) is 5.03. The number of alkyl halides is 2. The van der Waals surface area contributed by atoms with Crippen molar-refractivity contribution in [2.24, 2.45) is 5.92 Å². The van der Waals surface area contributed by atoms with Crippen LogP contribution in [0.5, 0.6) is 11.5 Å². The second-order valence-electron chi connectivity index (χ2n) is 6.52. The molecule has 1 N–H and O–H groups in total. The highest BCUT2D eigenvalue weighted by Gasteiger charge is 2.46. The number of hydrogen-bond acceptors (Lipinski definition) is 5. The number of para-hydroxylation sites is 1. The maximum absolute atomic E-state index is 13.6. The molecule has 3 aliphatic rings. The van der Waals surface area contributed by atoms with E-state index < -0.39 is 6.29 Å². The van der Waals surface area contributed by atoms with Crippen molar-refractivity contribution in [2.45, 2.75) is 25.2 Å². The Morgan fingerprint density at radius 1 is 1.12 bits per heavy atom. The topological polar surface area (TPSA) is 43.0 Å². The van der Waals surface area contributed by atoms with Gasteiger partial charge in [-0.2, -0.15) is 0 Å². The Morgan fingerprint density at radius 2 is 1.88 bits per heavy atom. The smallest absolute Gasteiger partial charge is 0.395 e. The number of fused-ring (bicyclic) bond motifs is 1. The van der Waals surface area contributed by atoms with E-state index in [1.165, 1.54) is 0 Å². The Kier molecular flexibility index (Phi) is 4.32. The van der Waals surface area contributed by atoms with E-state index in [4.69, 9.17) is 9.47 Å². The van der Waals surface area contributed by atoms with Crippen LogP contribution in [0.15, 0.2) is 18.2 Å². The average Bonchev–Trinajstić information content (AvgIpc) is 2.92. The van der Waals surface area contributed by atoms with Gasteiger partial charge in [0.15, 0.2) is 11.5 Å². The van der Waals surface area contributed by atoms with Gasteiger partial charge in [0.2, 0.25) is 0 Å². The van der Waals surface area contributed by atoms with Gasteiger partial charge in [-0.3, -0.25) is 4.90 Å². The number of benzene rings is 1. The van der Waals surface area contributed by atoms with Gasteiger partial charge in [-0.25, -0.2) is 0 Å². The van der Waals surface area contributed by atoms with Crippen molar-refractivity contribution in [3.05, 3.63) is 23.8 Å². The summed E-state index contributed by atoms with van der Waals surface area (Å²) < 4.78 is 42.2. The van der Waals surface area contributed by atoms with E-state index in [-0.39, 0.29) is 17.5 Å². The van der Waals surface area contributed by atoms with E-state index in [1.807, 2.05) is 6.07 Å². The molecule has 0 bridgehead atoms. The Hall–Kier alpha value is -1.44. The van der Waals surface area contributed by atoms with Crippen LogP contribution in [-0.4, -0.2) is 50.6 Å². The minimum absolute atomic E-state index is 0.0449. The maximum atomic E-state index is 13.6. The lowest BCUT2D eigenvalue weighted by molar-refractivity contribution is -0.287. The molecule has 0 aromatic heterocycles. The second kappa shape index (κ2) is 6.46. The van der Waals surface area contributed by atoms with E-state index in [2.05, 4.69) is 15.0 Å². The number of nitrogens with one attached hydrogen (secondary N) is 1. The fourth-order valence-corrected chi connectivity index (χ4v) is 3.96. The van der Waals surface area contributed by atoms with Crippen LogP contribution in [0.1, 0.15) is 24.4 Å². The molecule has 0 spiro atoms. The first-order valence-electron chi connectivity index (χ1n) is 8.55. The van der Waals surface area contributed by atoms with Crippen LogP contribution < -0.4 is 14.8 Å². The number of hydrogen-bond donors (Lipinski definition) is 1. The van der Waals surface area contributed by atoms with E-state index in [9.17, 15) is 8.78 Å². The summed E-state index contributed by atoms with van der Waals surface area (Å²) in [5.74, 6) is 0.684. The van der Waals surface area contributed by atoms with Gasteiger partial charge in [-0.15, -0.1) is 8.78 Å². The number of rotatable bonds is 3. The van der Waals surface area contributed by atoms with E-state index in [0.717, 1.165) is 57.8 Å². The van der Waals surface area contributed by atoms with E-state index in [1.54, 1.807) is 12.1 Å². The van der Waals surface area contributed by atoms with Crippen LogP contribution >= 0.6 is 0 Å².